The van der Waals surface area contributed by atoms with Gasteiger partial charge in [-0.15, -0.1) is 0 Å². The molecule has 1 heterocycles. The highest BCUT2D eigenvalue weighted by Crippen LogP contribution is 2.23. The second kappa shape index (κ2) is 3.70. The molecule has 0 spiro atoms. The van der Waals surface area contributed by atoms with Gasteiger partial charge in [-0.2, -0.15) is 0 Å². The molecular weight excluding hydrogens is 208 g/mol. The Bertz CT molecular complexity index is 539. The largest absolute Gasteiger partial charge is 0.497 e. The lowest BCUT2D eigenvalue weighted by Crippen LogP contribution is -2.00. The molecule has 0 unspecified atom stereocenters. The number of methoxy groups -OCH3 is 1. The summed E-state index contributed by atoms with van der Waals surface area (Å²) in [7, 11) is 1.67. The molecule has 1 N–H and O–H groups in total. The van der Waals surface area contributed by atoms with Crippen LogP contribution in [0.2, 0.25) is 0 Å². The highest BCUT2D eigenvalue weighted by molar-refractivity contribution is 7.71. The molecule has 0 aliphatic carbocycles. The van der Waals surface area contributed by atoms with Crippen molar-refractivity contribution in [1.82, 2.24) is 9.55 Å². The lowest BCUT2D eigenvalue weighted by molar-refractivity contribution is 0.415. The van der Waals surface area contributed by atoms with Gasteiger partial charge in [-0.3, -0.25) is 0 Å². The summed E-state index contributed by atoms with van der Waals surface area (Å²) in [6, 6.07) is 6.27. The van der Waals surface area contributed by atoms with E-state index in [4.69, 9.17) is 17.0 Å². The summed E-state index contributed by atoms with van der Waals surface area (Å²) in [5.41, 5.74) is 2.14. The Morgan fingerprint density at radius 1 is 1.40 bits per heavy atom. The summed E-state index contributed by atoms with van der Waals surface area (Å²) in [5, 5.41) is 0. The number of benzene rings is 1. The fourth-order valence-electron chi connectivity index (χ4n) is 1.74. The van der Waals surface area contributed by atoms with E-state index < -0.39 is 0 Å². The van der Waals surface area contributed by atoms with Crippen molar-refractivity contribution in [3.05, 3.63) is 23.0 Å². The minimum Gasteiger partial charge on any atom is -0.497 e. The number of fused-ring (bicyclic) bond motifs is 1. The summed E-state index contributed by atoms with van der Waals surface area (Å²) in [6.07, 6.45) is 0. The molecule has 0 amide bonds. The summed E-state index contributed by atoms with van der Waals surface area (Å²) < 4.78 is 8.05. The average molecular weight is 222 g/mol. The Labute approximate surface area is 93.7 Å². The second-order valence-electron chi connectivity index (χ2n) is 3.78. The molecule has 0 aliphatic rings. The molecule has 1 aromatic carbocycles. The standard InChI is InChI=1S/C11H14N2OS/c1-7(2)13-10-6-8(14-3)4-5-9(10)12-11(13)15/h4-7H,1-3H3,(H,12,15). The highest BCUT2D eigenvalue weighted by atomic mass is 32.1. The molecule has 0 radical (unpaired) electrons. The number of hydrogen-bond acceptors (Lipinski definition) is 2. The molecule has 0 saturated carbocycles. The molecule has 1 aromatic heterocycles. The predicted molar refractivity (Wildman–Crippen MR) is 64.1 cm³/mol. The van der Waals surface area contributed by atoms with Crippen LogP contribution in [0.4, 0.5) is 0 Å². The van der Waals surface area contributed by atoms with Crippen molar-refractivity contribution in [3.8, 4) is 5.75 Å². The van der Waals surface area contributed by atoms with Gasteiger partial charge in [-0.05, 0) is 38.2 Å². The highest BCUT2D eigenvalue weighted by Gasteiger charge is 2.07. The molecular formula is C11H14N2OS. The van der Waals surface area contributed by atoms with E-state index in [2.05, 4.69) is 23.4 Å². The molecule has 80 valence electrons. The van der Waals surface area contributed by atoms with E-state index in [1.165, 1.54) is 0 Å². The molecule has 0 bridgehead atoms. The Morgan fingerprint density at radius 3 is 2.73 bits per heavy atom. The Hall–Kier alpha value is -1.29. The van der Waals surface area contributed by atoms with Crippen molar-refractivity contribution in [2.24, 2.45) is 0 Å². The first-order valence-electron chi connectivity index (χ1n) is 4.91. The van der Waals surface area contributed by atoms with E-state index in [0.717, 1.165) is 21.6 Å². The number of ether oxygens (including phenoxy) is 1. The number of nitrogens with one attached hydrogen (secondary N) is 1. The van der Waals surface area contributed by atoms with Gasteiger partial charge in [-0.25, -0.2) is 0 Å². The van der Waals surface area contributed by atoms with E-state index in [1.54, 1.807) is 7.11 Å². The maximum Gasteiger partial charge on any atom is 0.178 e. The summed E-state index contributed by atoms with van der Waals surface area (Å²) in [6.45, 7) is 4.23. The van der Waals surface area contributed by atoms with Gasteiger partial charge in [0.05, 0.1) is 18.1 Å². The summed E-state index contributed by atoms with van der Waals surface area (Å²) >= 11 is 5.28. The molecule has 0 saturated heterocycles. The molecule has 15 heavy (non-hydrogen) atoms. The Balaban J connectivity index is 2.78. The zero-order chi connectivity index (χ0) is 11.0. The van der Waals surface area contributed by atoms with Crippen molar-refractivity contribution < 1.29 is 4.74 Å². The zero-order valence-electron chi connectivity index (χ0n) is 9.07. The lowest BCUT2D eigenvalue weighted by atomic mass is 10.3. The molecule has 2 aromatic rings. The number of rotatable bonds is 2. The van der Waals surface area contributed by atoms with E-state index in [0.29, 0.717) is 6.04 Å². The normalized spacial score (nSPS) is 11.2. The van der Waals surface area contributed by atoms with Crippen LogP contribution in [0.5, 0.6) is 5.75 Å². The van der Waals surface area contributed by atoms with E-state index in [-0.39, 0.29) is 0 Å². The fourth-order valence-corrected chi connectivity index (χ4v) is 2.16. The first kappa shape index (κ1) is 10.2. The Morgan fingerprint density at radius 2 is 2.13 bits per heavy atom. The predicted octanol–water partition coefficient (Wildman–Crippen LogP) is 3.29. The molecule has 3 nitrogen and oxygen atoms in total. The third kappa shape index (κ3) is 1.65. The van der Waals surface area contributed by atoms with Gasteiger partial charge in [0, 0.05) is 12.1 Å². The van der Waals surface area contributed by atoms with Crippen LogP contribution in [0, 0.1) is 4.77 Å². The molecule has 0 aliphatic heterocycles. The number of H-pyrrole nitrogens is 1. The smallest absolute Gasteiger partial charge is 0.178 e. The van der Waals surface area contributed by atoms with Crippen molar-refractivity contribution in [3.63, 3.8) is 0 Å². The zero-order valence-corrected chi connectivity index (χ0v) is 9.89. The van der Waals surface area contributed by atoms with Crippen LogP contribution in [0.3, 0.4) is 0 Å². The molecule has 4 heteroatoms. The van der Waals surface area contributed by atoms with Crippen molar-refractivity contribution in [1.29, 1.82) is 0 Å². The van der Waals surface area contributed by atoms with Crippen LogP contribution >= 0.6 is 12.2 Å². The van der Waals surface area contributed by atoms with Crippen LogP contribution in [0.1, 0.15) is 19.9 Å². The molecule has 0 atom stereocenters. The number of aromatic amines is 1. The lowest BCUT2D eigenvalue weighted by Gasteiger charge is -2.08. The number of aromatic nitrogens is 2. The van der Waals surface area contributed by atoms with E-state index in [1.807, 2.05) is 18.2 Å². The van der Waals surface area contributed by atoms with Crippen LogP contribution < -0.4 is 4.74 Å². The van der Waals surface area contributed by atoms with E-state index in [9.17, 15) is 0 Å². The van der Waals surface area contributed by atoms with Gasteiger partial charge in [0.1, 0.15) is 5.75 Å². The third-order valence-corrected chi connectivity index (χ3v) is 2.74. The van der Waals surface area contributed by atoms with Crippen LogP contribution in [-0.4, -0.2) is 16.7 Å². The second-order valence-corrected chi connectivity index (χ2v) is 4.16. The topological polar surface area (TPSA) is 29.9 Å². The maximum atomic E-state index is 5.28. The molecule has 0 fully saturated rings. The van der Waals surface area contributed by atoms with Gasteiger partial charge >= 0.3 is 0 Å². The van der Waals surface area contributed by atoms with Crippen molar-refractivity contribution in [2.45, 2.75) is 19.9 Å². The number of hydrogen-bond donors (Lipinski definition) is 1. The molecule has 2 rings (SSSR count). The number of imidazole rings is 1. The van der Waals surface area contributed by atoms with Gasteiger partial charge in [0.15, 0.2) is 4.77 Å². The van der Waals surface area contributed by atoms with Crippen molar-refractivity contribution in [2.75, 3.05) is 7.11 Å². The van der Waals surface area contributed by atoms with Gasteiger partial charge in [0.2, 0.25) is 0 Å². The monoisotopic (exact) mass is 222 g/mol. The summed E-state index contributed by atoms with van der Waals surface area (Å²) in [5.74, 6) is 0.853. The third-order valence-electron chi connectivity index (χ3n) is 2.44. The van der Waals surface area contributed by atoms with E-state index >= 15 is 0 Å². The van der Waals surface area contributed by atoms with Crippen LogP contribution in [0.15, 0.2) is 18.2 Å². The van der Waals surface area contributed by atoms with Crippen LogP contribution in [-0.2, 0) is 0 Å². The SMILES string of the molecule is COc1ccc2[nH]c(=S)n(C(C)C)c2c1. The average Bonchev–Trinajstić information content (AvgIpc) is 2.52. The van der Waals surface area contributed by atoms with Crippen molar-refractivity contribution >= 4 is 23.3 Å². The summed E-state index contributed by atoms with van der Waals surface area (Å²) in [4.78, 5) is 3.18. The fraction of sp³-hybridized carbons (Fsp3) is 0.364. The maximum absolute atomic E-state index is 5.28. The minimum absolute atomic E-state index is 0.346. The number of nitrogens with zero attached hydrogens (tertiary/aromatic N) is 1. The first-order valence-corrected chi connectivity index (χ1v) is 5.32. The quantitative estimate of drug-likeness (QED) is 0.790. The van der Waals surface area contributed by atoms with Gasteiger partial charge < -0.3 is 14.3 Å². The first-order chi connectivity index (χ1) is 7.13. The van der Waals surface area contributed by atoms with Gasteiger partial charge in [-0.1, -0.05) is 0 Å². The Kier molecular flexibility index (Phi) is 2.52. The van der Waals surface area contributed by atoms with Gasteiger partial charge in [0.25, 0.3) is 0 Å². The minimum atomic E-state index is 0.346. The van der Waals surface area contributed by atoms with Crippen LogP contribution in [0.25, 0.3) is 11.0 Å².